The van der Waals surface area contributed by atoms with E-state index in [4.69, 9.17) is 20.9 Å². The SMILES string of the molecule is CN=C(NCc1nc(-c2ccc(Cl)cc2)no1)NCc1ccccc1OCC1CC1.I. The number of rotatable bonds is 8. The summed E-state index contributed by atoms with van der Waals surface area (Å²) in [5.41, 5.74) is 1.93. The number of aromatic nitrogens is 2. The number of ether oxygens (including phenoxy) is 1. The Morgan fingerprint density at radius 2 is 1.87 bits per heavy atom. The lowest BCUT2D eigenvalue weighted by atomic mass is 10.2. The molecule has 1 fully saturated rings. The van der Waals surface area contributed by atoms with Crippen LogP contribution in [0.3, 0.4) is 0 Å². The third-order valence-electron chi connectivity index (χ3n) is 4.79. The lowest BCUT2D eigenvalue weighted by molar-refractivity contribution is 0.296. The normalized spacial score (nSPS) is 13.4. The van der Waals surface area contributed by atoms with Crippen LogP contribution in [0, 0.1) is 5.92 Å². The molecule has 1 heterocycles. The van der Waals surface area contributed by atoms with Crippen molar-refractivity contribution in [2.75, 3.05) is 13.7 Å². The van der Waals surface area contributed by atoms with Crippen LogP contribution < -0.4 is 15.4 Å². The fraction of sp³-hybridized carbons (Fsp3) is 0.318. The van der Waals surface area contributed by atoms with Gasteiger partial charge in [-0.25, -0.2) is 0 Å². The van der Waals surface area contributed by atoms with E-state index in [1.807, 2.05) is 30.3 Å². The zero-order chi connectivity index (χ0) is 20.8. The predicted octanol–water partition coefficient (Wildman–Crippen LogP) is 4.66. The van der Waals surface area contributed by atoms with E-state index in [0.29, 0.717) is 41.7 Å². The second-order valence-corrected chi connectivity index (χ2v) is 7.60. The average molecular weight is 554 g/mol. The van der Waals surface area contributed by atoms with E-state index in [0.717, 1.165) is 23.5 Å². The van der Waals surface area contributed by atoms with Crippen LogP contribution in [0.2, 0.25) is 5.02 Å². The molecule has 0 unspecified atom stereocenters. The van der Waals surface area contributed by atoms with Crippen molar-refractivity contribution in [3.63, 3.8) is 0 Å². The fourth-order valence-electron chi connectivity index (χ4n) is 2.88. The fourth-order valence-corrected chi connectivity index (χ4v) is 3.01. The van der Waals surface area contributed by atoms with E-state index < -0.39 is 0 Å². The Hall–Kier alpha value is -2.33. The minimum Gasteiger partial charge on any atom is -0.493 e. The second kappa shape index (κ2) is 11.3. The van der Waals surface area contributed by atoms with E-state index in [1.54, 1.807) is 19.2 Å². The van der Waals surface area contributed by atoms with Crippen LogP contribution in [0.4, 0.5) is 0 Å². The van der Waals surface area contributed by atoms with Crippen molar-refractivity contribution in [3.05, 3.63) is 65.0 Å². The quantitative estimate of drug-likeness (QED) is 0.240. The number of hydrogen-bond donors (Lipinski definition) is 2. The Kier molecular flexibility index (Phi) is 8.53. The van der Waals surface area contributed by atoms with Crippen LogP contribution in [0.5, 0.6) is 5.75 Å². The molecule has 1 aliphatic rings. The number of hydrogen-bond acceptors (Lipinski definition) is 5. The van der Waals surface area contributed by atoms with Gasteiger partial charge in [0.25, 0.3) is 0 Å². The number of benzene rings is 2. The molecule has 31 heavy (non-hydrogen) atoms. The summed E-state index contributed by atoms with van der Waals surface area (Å²) in [5, 5.41) is 11.2. The second-order valence-electron chi connectivity index (χ2n) is 7.16. The van der Waals surface area contributed by atoms with Gasteiger partial charge in [-0.05, 0) is 49.1 Å². The van der Waals surface area contributed by atoms with Crippen LogP contribution >= 0.6 is 35.6 Å². The topological polar surface area (TPSA) is 84.6 Å². The molecule has 3 aromatic rings. The molecule has 7 nitrogen and oxygen atoms in total. The van der Waals surface area contributed by atoms with Crippen LogP contribution in [0.1, 0.15) is 24.3 Å². The summed E-state index contributed by atoms with van der Waals surface area (Å²) in [6, 6.07) is 15.4. The lowest BCUT2D eigenvalue weighted by Gasteiger charge is -2.14. The van der Waals surface area contributed by atoms with Gasteiger partial charge >= 0.3 is 0 Å². The molecule has 2 N–H and O–H groups in total. The highest BCUT2D eigenvalue weighted by Gasteiger charge is 2.22. The van der Waals surface area contributed by atoms with Gasteiger partial charge in [-0.2, -0.15) is 4.98 Å². The first-order valence-electron chi connectivity index (χ1n) is 9.95. The third-order valence-corrected chi connectivity index (χ3v) is 5.04. The summed E-state index contributed by atoms with van der Waals surface area (Å²) < 4.78 is 11.3. The van der Waals surface area contributed by atoms with Crippen molar-refractivity contribution in [2.45, 2.75) is 25.9 Å². The van der Waals surface area contributed by atoms with E-state index in [1.165, 1.54) is 12.8 Å². The van der Waals surface area contributed by atoms with Crippen LogP contribution in [-0.2, 0) is 13.1 Å². The van der Waals surface area contributed by atoms with Gasteiger partial charge in [0.05, 0.1) is 13.2 Å². The van der Waals surface area contributed by atoms with Gasteiger partial charge in [-0.1, -0.05) is 35.0 Å². The summed E-state index contributed by atoms with van der Waals surface area (Å²) in [4.78, 5) is 8.67. The summed E-state index contributed by atoms with van der Waals surface area (Å²) in [5.74, 6) is 3.26. The maximum absolute atomic E-state index is 5.97. The van der Waals surface area contributed by atoms with Crippen molar-refractivity contribution < 1.29 is 9.26 Å². The van der Waals surface area contributed by atoms with Crippen LogP contribution in [0.15, 0.2) is 58.0 Å². The summed E-state index contributed by atoms with van der Waals surface area (Å²) in [7, 11) is 1.72. The first kappa shape index (κ1) is 23.3. The van der Waals surface area contributed by atoms with Crippen molar-refractivity contribution in [3.8, 4) is 17.1 Å². The molecule has 0 radical (unpaired) electrons. The molecule has 1 aromatic heterocycles. The monoisotopic (exact) mass is 553 g/mol. The zero-order valence-corrected chi connectivity index (χ0v) is 20.3. The molecule has 1 saturated carbocycles. The maximum Gasteiger partial charge on any atom is 0.246 e. The molecule has 0 aliphatic heterocycles. The molecule has 4 rings (SSSR count). The smallest absolute Gasteiger partial charge is 0.246 e. The number of nitrogens with zero attached hydrogens (tertiary/aromatic N) is 3. The number of para-hydroxylation sites is 1. The summed E-state index contributed by atoms with van der Waals surface area (Å²) >= 11 is 5.92. The van der Waals surface area contributed by atoms with Crippen molar-refractivity contribution in [1.29, 1.82) is 0 Å². The first-order valence-corrected chi connectivity index (χ1v) is 10.3. The van der Waals surface area contributed by atoms with Gasteiger partial charge in [-0.3, -0.25) is 4.99 Å². The summed E-state index contributed by atoms with van der Waals surface area (Å²) in [6.45, 7) is 1.75. The van der Waals surface area contributed by atoms with E-state index >= 15 is 0 Å². The molecule has 0 spiro atoms. The molecule has 1 aliphatic carbocycles. The molecule has 0 amide bonds. The lowest BCUT2D eigenvalue weighted by Crippen LogP contribution is -2.36. The van der Waals surface area contributed by atoms with E-state index in [9.17, 15) is 0 Å². The Labute approximate surface area is 203 Å². The molecule has 2 aromatic carbocycles. The van der Waals surface area contributed by atoms with Crippen LogP contribution in [0.25, 0.3) is 11.4 Å². The molecule has 0 bridgehead atoms. The number of aliphatic imine (C=N–C) groups is 1. The molecule has 0 saturated heterocycles. The van der Waals surface area contributed by atoms with Gasteiger partial charge in [0.1, 0.15) is 5.75 Å². The zero-order valence-electron chi connectivity index (χ0n) is 17.2. The minimum absolute atomic E-state index is 0. The molecular weight excluding hydrogens is 529 g/mol. The Bertz CT molecular complexity index is 1010. The standard InChI is InChI=1S/C22H24ClN5O2.HI/c1-24-22(25-12-17-4-2-3-5-19(17)29-14-15-6-7-15)26-13-20-27-21(28-30-20)16-8-10-18(23)11-9-16;/h2-5,8-11,15H,6-7,12-14H2,1H3,(H2,24,25,26);1H. The van der Waals surface area contributed by atoms with Gasteiger partial charge < -0.3 is 19.9 Å². The van der Waals surface area contributed by atoms with Gasteiger partial charge in [0, 0.05) is 29.7 Å². The highest BCUT2D eigenvalue weighted by molar-refractivity contribution is 14.0. The number of halogens is 2. The van der Waals surface area contributed by atoms with Gasteiger partial charge in [-0.15, -0.1) is 24.0 Å². The number of nitrogens with one attached hydrogen (secondary N) is 2. The Balaban J connectivity index is 0.00000272. The Morgan fingerprint density at radius 3 is 2.61 bits per heavy atom. The van der Waals surface area contributed by atoms with Crippen molar-refractivity contribution in [1.82, 2.24) is 20.8 Å². The maximum atomic E-state index is 5.97. The van der Waals surface area contributed by atoms with E-state index in [-0.39, 0.29) is 24.0 Å². The molecule has 0 atom stereocenters. The highest BCUT2D eigenvalue weighted by Crippen LogP contribution is 2.30. The first-order chi connectivity index (χ1) is 14.7. The van der Waals surface area contributed by atoms with Crippen molar-refractivity contribution in [2.24, 2.45) is 10.9 Å². The Morgan fingerprint density at radius 1 is 1.13 bits per heavy atom. The van der Waals surface area contributed by atoms with Gasteiger partial charge in [0.2, 0.25) is 11.7 Å². The predicted molar refractivity (Wildman–Crippen MR) is 132 cm³/mol. The minimum atomic E-state index is 0. The number of guanidine groups is 1. The van der Waals surface area contributed by atoms with E-state index in [2.05, 4.69) is 31.8 Å². The van der Waals surface area contributed by atoms with Crippen molar-refractivity contribution >= 4 is 41.5 Å². The average Bonchev–Trinajstić information content (AvgIpc) is 3.49. The molecule has 9 heteroatoms. The summed E-state index contributed by atoms with van der Waals surface area (Å²) in [6.07, 6.45) is 2.54. The molecule has 164 valence electrons. The third kappa shape index (κ3) is 6.83. The molecular formula is C22H25ClIN5O2. The largest absolute Gasteiger partial charge is 0.493 e. The van der Waals surface area contributed by atoms with Crippen LogP contribution in [-0.4, -0.2) is 29.8 Å². The highest BCUT2D eigenvalue weighted by atomic mass is 127. The van der Waals surface area contributed by atoms with Gasteiger partial charge in [0.15, 0.2) is 5.96 Å².